The second kappa shape index (κ2) is 16.2. The number of nitrogens with zero attached hydrogens (tertiary/aromatic N) is 2. The number of unbranched alkanes of at least 4 members (excludes halogenated alkanes) is 2. The number of ketones is 1. The van der Waals surface area contributed by atoms with Crippen LogP contribution >= 0.6 is 12.4 Å². The van der Waals surface area contributed by atoms with Crippen LogP contribution in [0.25, 0.3) is 0 Å². The maximum atomic E-state index is 12.9. The predicted octanol–water partition coefficient (Wildman–Crippen LogP) is 6.86. The molecule has 0 spiro atoms. The fourth-order valence-electron chi connectivity index (χ4n) is 4.24. The molecule has 0 aliphatic rings. The van der Waals surface area contributed by atoms with E-state index in [0.717, 1.165) is 44.9 Å². The van der Waals surface area contributed by atoms with E-state index in [1.54, 1.807) is 0 Å². The van der Waals surface area contributed by atoms with Crippen molar-refractivity contribution in [2.75, 3.05) is 33.3 Å². The van der Waals surface area contributed by atoms with Crippen molar-refractivity contribution in [1.29, 1.82) is 0 Å². The van der Waals surface area contributed by atoms with Gasteiger partial charge in [-0.1, -0.05) is 68.4 Å². The molecule has 0 amide bonds. The second-order valence-corrected chi connectivity index (χ2v) is 9.14. The van der Waals surface area contributed by atoms with Crippen LogP contribution in [-0.4, -0.2) is 48.9 Å². The van der Waals surface area contributed by atoms with Gasteiger partial charge in [0.2, 0.25) is 0 Å². The topological polar surface area (TPSA) is 32.8 Å². The molecule has 36 heavy (non-hydrogen) atoms. The highest BCUT2D eigenvalue weighted by Crippen LogP contribution is 2.17. The van der Waals surface area contributed by atoms with Crippen LogP contribution in [-0.2, 0) is 13.1 Å². The van der Waals surface area contributed by atoms with E-state index >= 15 is 0 Å². The van der Waals surface area contributed by atoms with E-state index in [1.807, 2.05) is 54.6 Å². The average Bonchev–Trinajstić information content (AvgIpc) is 2.89. The highest BCUT2D eigenvalue weighted by Gasteiger charge is 2.10. The van der Waals surface area contributed by atoms with E-state index in [0.29, 0.717) is 17.7 Å². The van der Waals surface area contributed by atoms with Gasteiger partial charge in [0.25, 0.3) is 0 Å². The van der Waals surface area contributed by atoms with Gasteiger partial charge in [-0.15, -0.1) is 12.4 Å². The summed E-state index contributed by atoms with van der Waals surface area (Å²) in [5.74, 6) is 0.860. The fourth-order valence-corrected chi connectivity index (χ4v) is 4.24. The van der Waals surface area contributed by atoms with Crippen LogP contribution in [0.2, 0.25) is 0 Å². The van der Waals surface area contributed by atoms with Gasteiger partial charge in [0.1, 0.15) is 5.75 Å². The van der Waals surface area contributed by atoms with E-state index in [9.17, 15) is 4.79 Å². The summed E-state index contributed by atoms with van der Waals surface area (Å²) in [6.07, 6.45) is 3.43. The zero-order chi connectivity index (χ0) is 24.9. The first-order chi connectivity index (χ1) is 17.1. The Morgan fingerprint density at radius 2 is 1.28 bits per heavy atom. The summed E-state index contributed by atoms with van der Waals surface area (Å²) in [5, 5.41) is 0. The minimum absolute atomic E-state index is 0. The highest BCUT2D eigenvalue weighted by molar-refractivity contribution is 6.09. The zero-order valence-electron chi connectivity index (χ0n) is 22.0. The standard InChI is InChI=1S/C31H40N2O2.ClH/c1-4-33(5-2)22-10-7-11-23-35-30-20-18-29(19-21-30)31(34)28-16-14-27(15-17-28)25-32(3)24-26-12-8-6-9-13-26;/h6,8-9,12-21H,4-5,7,10-11,22-25H2,1-3H3;1H. The lowest BCUT2D eigenvalue weighted by molar-refractivity contribution is 0.103. The molecule has 194 valence electrons. The van der Waals surface area contributed by atoms with Crippen molar-refractivity contribution in [3.8, 4) is 5.75 Å². The lowest BCUT2D eigenvalue weighted by Gasteiger charge is -2.17. The van der Waals surface area contributed by atoms with E-state index in [4.69, 9.17) is 4.74 Å². The number of carbonyl (C=O) groups excluding carboxylic acids is 1. The number of hydrogen-bond donors (Lipinski definition) is 0. The monoisotopic (exact) mass is 508 g/mol. The normalized spacial score (nSPS) is 10.9. The van der Waals surface area contributed by atoms with Crippen LogP contribution in [0.15, 0.2) is 78.9 Å². The number of rotatable bonds is 15. The molecule has 0 aliphatic heterocycles. The second-order valence-electron chi connectivity index (χ2n) is 9.14. The lowest BCUT2D eigenvalue weighted by Crippen LogP contribution is -2.23. The third-order valence-corrected chi connectivity index (χ3v) is 6.36. The van der Waals surface area contributed by atoms with Gasteiger partial charge in [0.15, 0.2) is 5.78 Å². The van der Waals surface area contributed by atoms with E-state index in [2.05, 4.69) is 55.0 Å². The van der Waals surface area contributed by atoms with Crippen LogP contribution in [0.3, 0.4) is 0 Å². The Kier molecular flexibility index (Phi) is 13.3. The van der Waals surface area contributed by atoms with E-state index in [1.165, 1.54) is 24.0 Å². The van der Waals surface area contributed by atoms with Crippen LogP contribution in [0.5, 0.6) is 5.75 Å². The smallest absolute Gasteiger partial charge is 0.193 e. The average molecular weight is 509 g/mol. The van der Waals surface area contributed by atoms with Gasteiger partial charge in [-0.05, 0) is 81.3 Å². The molecule has 0 heterocycles. The number of halogens is 1. The molecule has 3 rings (SSSR count). The SMILES string of the molecule is CCN(CC)CCCCCOc1ccc(C(=O)c2ccc(CN(C)Cc3ccccc3)cc2)cc1.Cl. The van der Waals surface area contributed by atoms with Crippen molar-refractivity contribution >= 4 is 18.2 Å². The molecule has 0 aliphatic carbocycles. The van der Waals surface area contributed by atoms with Gasteiger partial charge < -0.3 is 9.64 Å². The van der Waals surface area contributed by atoms with Crippen molar-refractivity contribution in [3.63, 3.8) is 0 Å². The van der Waals surface area contributed by atoms with Crippen molar-refractivity contribution in [3.05, 3.63) is 101 Å². The molecule has 0 atom stereocenters. The van der Waals surface area contributed by atoms with E-state index < -0.39 is 0 Å². The maximum absolute atomic E-state index is 12.9. The first-order valence-corrected chi connectivity index (χ1v) is 12.9. The Morgan fingerprint density at radius 1 is 0.722 bits per heavy atom. The summed E-state index contributed by atoms with van der Waals surface area (Å²) in [5.41, 5.74) is 3.89. The van der Waals surface area contributed by atoms with Crippen LogP contribution in [0.1, 0.15) is 60.2 Å². The molecule has 5 heteroatoms. The Bertz CT molecular complexity index is 1000. The maximum Gasteiger partial charge on any atom is 0.193 e. The Labute approximate surface area is 223 Å². The van der Waals surface area contributed by atoms with Gasteiger partial charge in [0, 0.05) is 24.2 Å². The minimum atomic E-state index is 0. The molecule has 0 N–H and O–H groups in total. The molecule has 0 saturated carbocycles. The van der Waals surface area contributed by atoms with Crippen LogP contribution < -0.4 is 4.74 Å². The largest absolute Gasteiger partial charge is 0.494 e. The summed E-state index contributed by atoms with van der Waals surface area (Å²) in [4.78, 5) is 17.6. The van der Waals surface area contributed by atoms with Gasteiger partial charge in [-0.2, -0.15) is 0 Å². The minimum Gasteiger partial charge on any atom is -0.494 e. The number of benzene rings is 3. The van der Waals surface area contributed by atoms with Crippen molar-refractivity contribution in [1.82, 2.24) is 9.80 Å². The number of hydrogen-bond acceptors (Lipinski definition) is 4. The number of ether oxygens (including phenoxy) is 1. The predicted molar refractivity (Wildman–Crippen MR) is 152 cm³/mol. The van der Waals surface area contributed by atoms with Gasteiger partial charge in [-0.3, -0.25) is 9.69 Å². The molecule has 0 radical (unpaired) electrons. The lowest BCUT2D eigenvalue weighted by atomic mass is 10.0. The zero-order valence-corrected chi connectivity index (χ0v) is 22.8. The van der Waals surface area contributed by atoms with Crippen molar-refractivity contribution in [2.45, 2.75) is 46.2 Å². The van der Waals surface area contributed by atoms with Crippen molar-refractivity contribution in [2.24, 2.45) is 0 Å². The molecule has 0 unspecified atom stereocenters. The van der Waals surface area contributed by atoms with Gasteiger partial charge in [-0.25, -0.2) is 0 Å². The molecule has 3 aromatic rings. The molecule has 0 fully saturated rings. The molecule has 0 bridgehead atoms. The highest BCUT2D eigenvalue weighted by atomic mass is 35.5. The number of carbonyl (C=O) groups is 1. The van der Waals surface area contributed by atoms with Gasteiger partial charge >= 0.3 is 0 Å². The summed E-state index contributed by atoms with van der Waals surface area (Å²) in [7, 11) is 2.11. The molecule has 0 saturated heterocycles. The third-order valence-electron chi connectivity index (χ3n) is 6.36. The molecule has 4 nitrogen and oxygen atoms in total. The molecule has 0 aromatic heterocycles. The summed E-state index contributed by atoms with van der Waals surface area (Å²) >= 11 is 0. The molecular weight excluding hydrogens is 468 g/mol. The van der Waals surface area contributed by atoms with Crippen LogP contribution in [0.4, 0.5) is 0 Å². The first kappa shape index (κ1) is 29.6. The van der Waals surface area contributed by atoms with Crippen LogP contribution in [0, 0.1) is 0 Å². The Hall–Kier alpha value is -2.66. The van der Waals surface area contributed by atoms with Gasteiger partial charge in [0.05, 0.1) is 6.61 Å². The molecule has 3 aromatic carbocycles. The molecular formula is C31H41ClN2O2. The Balaban J connectivity index is 0.00000456. The summed E-state index contributed by atoms with van der Waals surface area (Å²) in [6.45, 7) is 10.3. The third kappa shape index (κ3) is 9.77. The fraction of sp³-hybridized carbons (Fsp3) is 0.387. The first-order valence-electron chi connectivity index (χ1n) is 12.9. The summed E-state index contributed by atoms with van der Waals surface area (Å²) in [6, 6.07) is 25.9. The quantitative estimate of drug-likeness (QED) is 0.166. The summed E-state index contributed by atoms with van der Waals surface area (Å²) < 4.78 is 5.87. The van der Waals surface area contributed by atoms with E-state index in [-0.39, 0.29) is 18.2 Å². The Morgan fingerprint density at radius 3 is 1.86 bits per heavy atom. The van der Waals surface area contributed by atoms with Crippen molar-refractivity contribution < 1.29 is 9.53 Å².